The number of allylic oxidation sites excluding steroid dienone is 15. The maximum atomic E-state index is 12.7. The number of ether oxygens (including phenoxy) is 2. The van der Waals surface area contributed by atoms with Crippen LogP contribution in [0, 0.1) is 0 Å². The molecule has 0 bridgehead atoms. The normalized spacial score (nSPS) is 15.7. The number of carbonyl (C=O) groups is 3. The van der Waals surface area contributed by atoms with Crippen molar-refractivity contribution in [2.24, 2.45) is 5.73 Å². The van der Waals surface area contributed by atoms with Crippen LogP contribution in [-0.2, 0) is 37.5 Å². The van der Waals surface area contributed by atoms with E-state index in [4.69, 9.17) is 24.8 Å². The van der Waals surface area contributed by atoms with Crippen LogP contribution >= 0.6 is 7.82 Å². The number of aliphatic hydroxyl groups excluding tert-OH is 2. The number of hydrogen-bond donors (Lipinski definition) is 5. The zero-order valence-corrected chi connectivity index (χ0v) is 36.9. The number of phosphoric ester groups is 1. The Morgan fingerprint density at radius 2 is 1.05 bits per heavy atom. The summed E-state index contributed by atoms with van der Waals surface area (Å²) in [6, 6.07) is -1.58. The molecule has 0 aromatic rings. The van der Waals surface area contributed by atoms with Crippen LogP contribution in [0.4, 0.5) is 0 Å². The van der Waals surface area contributed by atoms with E-state index in [1.807, 2.05) is 12.2 Å². The van der Waals surface area contributed by atoms with Crippen LogP contribution in [0.2, 0.25) is 0 Å². The predicted molar refractivity (Wildman–Crippen MR) is 238 cm³/mol. The number of aliphatic hydroxyl groups is 2. The van der Waals surface area contributed by atoms with Crippen molar-refractivity contribution in [3.63, 3.8) is 0 Å². The molecule has 60 heavy (non-hydrogen) atoms. The smallest absolute Gasteiger partial charge is 0.472 e. The lowest BCUT2D eigenvalue weighted by Crippen LogP contribution is -2.34. The summed E-state index contributed by atoms with van der Waals surface area (Å²) in [5.74, 6) is -2.75. The van der Waals surface area contributed by atoms with Gasteiger partial charge in [0.1, 0.15) is 12.6 Å². The van der Waals surface area contributed by atoms with Crippen LogP contribution in [0.1, 0.15) is 129 Å². The number of carbonyl (C=O) groups excluding carboxylic acids is 2. The van der Waals surface area contributed by atoms with Crippen LogP contribution in [0.3, 0.4) is 0 Å². The molecule has 0 spiro atoms. The number of unbranched alkanes of at least 4 members (excludes halogenated alkanes) is 4. The van der Waals surface area contributed by atoms with E-state index in [0.717, 1.165) is 70.6 Å². The van der Waals surface area contributed by atoms with Crippen LogP contribution in [-0.4, -0.2) is 82.3 Å². The minimum Gasteiger partial charge on any atom is -0.480 e. The highest BCUT2D eigenvalue weighted by Gasteiger charge is 2.28. The average molecular weight is 864 g/mol. The maximum absolute atomic E-state index is 12.7. The topological polar surface area (TPSA) is 212 Å². The van der Waals surface area contributed by atoms with E-state index in [2.05, 4.69) is 97.4 Å². The van der Waals surface area contributed by atoms with Crippen LogP contribution in [0.15, 0.2) is 97.2 Å². The molecule has 0 saturated heterocycles. The fourth-order valence-corrected chi connectivity index (χ4v) is 5.86. The Labute approximate surface area is 359 Å². The lowest BCUT2D eigenvalue weighted by molar-refractivity contribution is -0.161. The number of nitrogens with two attached hydrogens (primary N) is 1. The Hall–Kier alpha value is -3.68. The quantitative estimate of drug-likeness (QED) is 0.0170. The van der Waals surface area contributed by atoms with Gasteiger partial charge in [0, 0.05) is 12.8 Å². The van der Waals surface area contributed by atoms with Gasteiger partial charge in [-0.15, -0.1) is 0 Å². The lowest BCUT2D eigenvalue weighted by atomic mass is 10.0. The summed E-state index contributed by atoms with van der Waals surface area (Å²) >= 11 is 0. The molecule has 0 rings (SSSR count). The van der Waals surface area contributed by atoms with Gasteiger partial charge < -0.3 is 35.4 Å². The second kappa shape index (κ2) is 39.5. The van der Waals surface area contributed by atoms with Crippen molar-refractivity contribution in [3.05, 3.63) is 97.2 Å². The molecule has 0 aromatic heterocycles. The molecule has 13 nitrogen and oxygen atoms in total. The Kier molecular flexibility index (Phi) is 37.0. The molecule has 5 atom stereocenters. The summed E-state index contributed by atoms with van der Waals surface area (Å²) in [5.41, 5.74) is 5.31. The van der Waals surface area contributed by atoms with Crippen molar-refractivity contribution in [3.8, 4) is 0 Å². The second-order valence-electron chi connectivity index (χ2n) is 14.0. The van der Waals surface area contributed by atoms with E-state index in [1.165, 1.54) is 0 Å². The summed E-state index contributed by atoms with van der Waals surface area (Å²) in [5, 5.41) is 29.6. The van der Waals surface area contributed by atoms with Gasteiger partial charge in [0.2, 0.25) is 0 Å². The summed E-state index contributed by atoms with van der Waals surface area (Å²) < 4.78 is 32.5. The Bertz CT molecular complexity index is 1420. The molecule has 0 radical (unpaired) electrons. The molecule has 0 aliphatic heterocycles. The van der Waals surface area contributed by atoms with Gasteiger partial charge in [0.05, 0.1) is 25.4 Å². The molecule has 6 N–H and O–H groups in total. The molecule has 0 amide bonds. The number of rotatable bonds is 38. The molecule has 0 heterocycles. The van der Waals surface area contributed by atoms with Gasteiger partial charge in [0.25, 0.3) is 0 Å². The van der Waals surface area contributed by atoms with Gasteiger partial charge in [-0.2, -0.15) is 0 Å². The number of phosphoric acid groups is 1. The number of hydrogen-bond acceptors (Lipinski definition) is 11. The predicted octanol–water partition coefficient (Wildman–Crippen LogP) is 9.22. The summed E-state index contributed by atoms with van der Waals surface area (Å²) in [7, 11) is -4.81. The first-order valence-corrected chi connectivity index (χ1v) is 22.9. The second-order valence-corrected chi connectivity index (χ2v) is 15.5. The Morgan fingerprint density at radius 3 is 1.58 bits per heavy atom. The molecule has 1 unspecified atom stereocenters. The Morgan fingerprint density at radius 1 is 0.583 bits per heavy atom. The minimum atomic E-state index is -4.81. The van der Waals surface area contributed by atoms with E-state index >= 15 is 0 Å². The molecular weight excluding hydrogens is 789 g/mol. The first kappa shape index (κ1) is 56.3. The van der Waals surface area contributed by atoms with Gasteiger partial charge in [-0.3, -0.25) is 23.4 Å². The van der Waals surface area contributed by atoms with Crippen LogP contribution < -0.4 is 5.73 Å². The van der Waals surface area contributed by atoms with E-state index in [0.29, 0.717) is 12.8 Å². The van der Waals surface area contributed by atoms with E-state index in [-0.39, 0.29) is 32.1 Å². The van der Waals surface area contributed by atoms with E-state index in [1.54, 1.807) is 6.08 Å². The van der Waals surface area contributed by atoms with Crippen molar-refractivity contribution in [2.75, 3.05) is 19.8 Å². The number of aliphatic carboxylic acids is 1. The Balaban J connectivity index is 4.68. The molecule has 0 fully saturated rings. The van der Waals surface area contributed by atoms with Crippen molar-refractivity contribution in [2.45, 2.75) is 154 Å². The van der Waals surface area contributed by atoms with Crippen molar-refractivity contribution in [1.82, 2.24) is 0 Å². The van der Waals surface area contributed by atoms with Gasteiger partial charge in [0.15, 0.2) is 6.10 Å². The van der Waals surface area contributed by atoms with Crippen LogP contribution in [0.25, 0.3) is 0 Å². The standard InChI is InChI=1S/C46H74NO12P/c1-3-5-7-9-11-13-15-17-18-19-20-21-23-25-27-29-31-35-44(50)56-37-40(38-57-60(54,55)58-39-41(47)46(52)53)59-45(51)36-32-34-43(49)42(48)33-30-28-26-24-22-16-14-12-10-8-6-4-2/h5-8,11-14,17-18,20-22,24,28,30,40-43,48-49H,3-4,9-10,15-16,19,23,25-27,29,31-39,47H2,1-2H3,(H,52,53)(H,54,55)/b7-5-,8-6-,13-11-,14-12-,18-17-,21-20-,24-22-,30-28-/t40-,41+,42-,43-/m1/s1. The molecule has 0 aromatic carbocycles. The highest BCUT2D eigenvalue weighted by molar-refractivity contribution is 7.47. The third kappa shape index (κ3) is 37.3. The highest BCUT2D eigenvalue weighted by Crippen LogP contribution is 2.43. The zero-order valence-electron chi connectivity index (χ0n) is 36.0. The van der Waals surface area contributed by atoms with Crippen molar-refractivity contribution >= 4 is 25.7 Å². The number of carboxylic acid groups (broad SMARTS) is 1. The van der Waals surface area contributed by atoms with Crippen molar-refractivity contribution < 1.29 is 57.7 Å². The first-order valence-electron chi connectivity index (χ1n) is 21.4. The number of esters is 2. The molecule has 0 aliphatic carbocycles. The monoisotopic (exact) mass is 863 g/mol. The maximum Gasteiger partial charge on any atom is 0.472 e. The number of carboxylic acids is 1. The third-order valence-corrected chi connectivity index (χ3v) is 9.48. The summed E-state index contributed by atoms with van der Waals surface area (Å²) in [6.07, 6.45) is 42.2. The lowest BCUT2D eigenvalue weighted by Gasteiger charge is -2.20. The van der Waals surface area contributed by atoms with Gasteiger partial charge in [-0.25, -0.2) is 4.57 Å². The fraction of sp³-hybridized carbons (Fsp3) is 0.587. The SMILES string of the molecule is CC/C=C\C/C=C\C/C=C\C/C=C\CCCCCCC(=O)OC[C@H](COP(=O)(O)OC[C@H](N)C(=O)O)OC(=O)CCC[C@@H](O)[C@H](O)C/C=C\C/C=C\C/C=C\C/C=C\CC. The summed E-state index contributed by atoms with van der Waals surface area (Å²) in [6.45, 7) is 2.23. The minimum absolute atomic E-state index is 0.104. The van der Waals surface area contributed by atoms with Crippen molar-refractivity contribution in [1.29, 1.82) is 0 Å². The van der Waals surface area contributed by atoms with E-state index < -0.39 is 69.9 Å². The molecular formula is C46H74NO12P. The van der Waals surface area contributed by atoms with Gasteiger partial charge >= 0.3 is 25.7 Å². The fourth-order valence-electron chi connectivity index (χ4n) is 5.08. The highest BCUT2D eigenvalue weighted by atomic mass is 31.2. The van der Waals surface area contributed by atoms with Gasteiger partial charge in [-0.1, -0.05) is 124 Å². The zero-order chi connectivity index (χ0) is 44.5. The molecule has 340 valence electrons. The average Bonchev–Trinajstić information content (AvgIpc) is 3.22. The molecule has 0 aliphatic rings. The first-order chi connectivity index (χ1) is 28.9. The molecule has 0 saturated carbocycles. The third-order valence-electron chi connectivity index (χ3n) is 8.53. The summed E-state index contributed by atoms with van der Waals surface area (Å²) in [4.78, 5) is 46.0. The van der Waals surface area contributed by atoms with Crippen LogP contribution in [0.5, 0.6) is 0 Å². The largest absolute Gasteiger partial charge is 0.480 e. The van der Waals surface area contributed by atoms with E-state index in [9.17, 15) is 34.1 Å². The van der Waals surface area contributed by atoms with Gasteiger partial charge in [-0.05, 0) is 89.9 Å². The molecule has 14 heteroatoms.